The van der Waals surface area contributed by atoms with Gasteiger partial charge in [-0.1, -0.05) is 24.3 Å². The highest BCUT2D eigenvalue weighted by Crippen LogP contribution is 2.34. The van der Waals surface area contributed by atoms with Gasteiger partial charge in [0.15, 0.2) is 17.5 Å². The van der Waals surface area contributed by atoms with Gasteiger partial charge in [0.05, 0.1) is 12.0 Å². The van der Waals surface area contributed by atoms with E-state index in [0.29, 0.717) is 6.08 Å². The summed E-state index contributed by atoms with van der Waals surface area (Å²) in [6.07, 6.45) is -1.17. The predicted molar refractivity (Wildman–Crippen MR) is 77.2 cm³/mol. The molecule has 11 heteroatoms. The first-order valence-electron chi connectivity index (χ1n) is 6.38. The molecule has 0 saturated heterocycles. The number of rotatable bonds is 6. The van der Waals surface area contributed by atoms with Crippen LogP contribution in [-0.4, -0.2) is 28.0 Å². The average molecular weight is 336 g/mol. The lowest BCUT2D eigenvalue weighted by Crippen LogP contribution is -2.39. The summed E-state index contributed by atoms with van der Waals surface area (Å²) in [5.74, 6) is -0.578. The Labute approximate surface area is 134 Å². The van der Waals surface area contributed by atoms with Gasteiger partial charge in [0.2, 0.25) is 6.10 Å². The number of nitro groups is 3. The maximum atomic E-state index is 11.4. The SMILES string of the molecule is COC1=C([N+](=O)[O-])C(Oc2ccccc2)[C-]([N+](=O)[O-])C=C1[N+](=O)[O-]. The Morgan fingerprint density at radius 1 is 1.04 bits per heavy atom. The topological polar surface area (TPSA) is 148 Å². The first-order chi connectivity index (χ1) is 11.4. The van der Waals surface area contributed by atoms with Crippen LogP contribution in [0.1, 0.15) is 0 Å². The second-order valence-corrected chi connectivity index (χ2v) is 4.46. The van der Waals surface area contributed by atoms with Gasteiger partial charge < -0.3 is 9.47 Å². The third kappa shape index (κ3) is 3.09. The Balaban J connectivity index is 2.59. The lowest BCUT2D eigenvalue weighted by atomic mass is 9.99. The van der Waals surface area contributed by atoms with E-state index >= 15 is 0 Å². The minimum atomic E-state index is -1.77. The molecule has 1 atom stereocenters. The van der Waals surface area contributed by atoms with Crippen molar-refractivity contribution in [3.63, 3.8) is 0 Å². The second kappa shape index (κ2) is 6.64. The van der Waals surface area contributed by atoms with Crippen LogP contribution in [0.25, 0.3) is 0 Å². The van der Waals surface area contributed by atoms with E-state index in [-0.39, 0.29) is 5.75 Å². The summed E-state index contributed by atoms with van der Waals surface area (Å²) in [5, 5.41) is 33.6. The van der Waals surface area contributed by atoms with E-state index in [0.717, 1.165) is 7.11 Å². The van der Waals surface area contributed by atoms with Gasteiger partial charge in [0.25, 0.3) is 0 Å². The Kier molecular flexibility index (Phi) is 4.63. The highest BCUT2D eigenvalue weighted by atomic mass is 16.7. The van der Waals surface area contributed by atoms with Gasteiger partial charge in [-0.3, -0.25) is 30.3 Å². The lowest BCUT2D eigenvalue weighted by Gasteiger charge is -2.27. The zero-order valence-electron chi connectivity index (χ0n) is 12.1. The molecular formula is C13H10N3O8-. The largest absolute Gasteiger partial charge is 0.502 e. The third-order valence-corrected chi connectivity index (χ3v) is 3.07. The summed E-state index contributed by atoms with van der Waals surface area (Å²) in [6, 6.07) is 6.83. The van der Waals surface area contributed by atoms with Crippen molar-refractivity contribution in [2.45, 2.75) is 6.10 Å². The van der Waals surface area contributed by atoms with Gasteiger partial charge in [-0.15, -0.1) is 0 Å². The van der Waals surface area contributed by atoms with Crippen LogP contribution >= 0.6 is 0 Å². The Morgan fingerprint density at radius 2 is 1.67 bits per heavy atom. The van der Waals surface area contributed by atoms with Crippen LogP contribution in [0.2, 0.25) is 0 Å². The van der Waals surface area contributed by atoms with E-state index in [1.807, 2.05) is 0 Å². The van der Waals surface area contributed by atoms with Gasteiger partial charge in [-0.2, -0.15) is 0 Å². The molecule has 0 saturated carbocycles. The molecular weight excluding hydrogens is 326 g/mol. The zero-order chi connectivity index (χ0) is 17.9. The first-order valence-corrected chi connectivity index (χ1v) is 6.38. The number of hydrogen-bond donors (Lipinski definition) is 0. The van der Waals surface area contributed by atoms with Gasteiger partial charge in [-0.25, -0.2) is 0 Å². The smallest absolute Gasteiger partial charge is 0.309 e. The average Bonchev–Trinajstić information content (AvgIpc) is 2.54. The van der Waals surface area contributed by atoms with Crippen LogP contribution in [0.15, 0.2) is 53.6 Å². The Morgan fingerprint density at radius 3 is 2.12 bits per heavy atom. The molecule has 1 aliphatic carbocycles. The molecule has 0 radical (unpaired) electrons. The van der Waals surface area contributed by atoms with Crippen LogP contribution < -0.4 is 4.74 Å². The van der Waals surface area contributed by atoms with E-state index in [1.54, 1.807) is 18.2 Å². The highest BCUT2D eigenvalue weighted by molar-refractivity contribution is 5.38. The Bertz CT molecular complexity index is 743. The van der Waals surface area contributed by atoms with Crippen molar-refractivity contribution in [3.8, 4) is 5.75 Å². The lowest BCUT2D eigenvalue weighted by molar-refractivity contribution is -0.492. The number of benzene rings is 1. The fourth-order valence-electron chi connectivity index (χ4n) is 2.09. The van der Waals surface area contributed by atoms with E-state index < -0.39 is 44.1 Å². The maximum absolute atomic E-state index is 11.4. The summed E-state index contributed by atoms with van der Waals surface area (Å²) in [4.78, 5) is 30.7. The summed E-state index contributed by atoms with van der Waals surface area (Å²) in [5.41, 5.74) is -1.80. The molecule has 1 unspecified atom stereocenters. The molecule has 24 heavy (non-hydrogen) atoms. The number of para-hydroxylation sites is 1. The molecule has 0 amide bonds. The summed E-state index contributed by atoms with van der Waals surface area (Å²) in [6.45, 7) is 0. The standard InChI is InChI=1S/C13H10N3O8/c1-23-12-9(14(17)18)7-10(15(19)20)13(11(12)16(21)22)24-8-5-3-2-4-6-8/h2-7,13H,1H3/q-1. The molecule has 0 fully saturated rings. The summed E-state index contributed by atoms with van der Waals surface area (Å²) < 4.78 is 10.1. The number of hydrogen-bond acceptors (Lipinski definition) is 8. The summed E-state index contributed by atoms with van der Waals surface area (Å²) >= 11 is 0. The molecule has 0 bridgehead atoms. The highest BCUT2D eigenvalue weighted by Gasteiger charge is 2.45. The van der Waals surface area contributed by atoms with Crippen molar-refractivity contribution in [1.82, 2.24) is 0 Å². The summed E-state index contributed by atoms with van der Waals surface area (Å²) in [7, 11) is 0.993. The van der Waals surface area contributed by atoms with Crippen LogP contribution in [0, 0.1) is 36.4 Å². The van der Waals surface area contributed by atoms with Crippen LogP contribution in [0.3, 0.4) is 0 Å². The zero-order valence-corrected chi connectivity index (χ0v) is 12.1. The van der Waals surface area contributed by atoms with Crippen molar-refractivity contribution in [3.05, 3.63) is 89.9 Å². The van der Waals surface area contributed by atoms with E-state index in [1.165, 1.54) is 12.1 Å². The van der Waals surface area contributed by atoms with Crippen molar-refractivity contribution >= 4 is 0 Å². The molecule has 11 nitrogen and oxygen atoms in total. The van der Waals surface area contributed by atoms with E-state index in [9.17, 15) is 30.3 Å². The van der Waals surface area contributed by atoms with Gasteiger partial charge >= 0.3 is 5.70 Å². The van der Waals surface area contributed by atoms with Crippen molar-refractivity contribution in [2.75, 3.05) is 7.11 Å². The molecule has 0 heterocycles. The molecule has 0 aromatic heterocycles. The predicted octanol–water partition coefficient (Wildman–Crippen LogP) is 1.55. The second-order valence-electron chi connectivity index (χ2n) is 4.46. The fourth-order valence-corrected chi connectivity index (χ4v) is 2.09. The van der Waals surface area contributed by atoms with Gasteiger partial charge in [0.1, 0.15) is 5.75 Å². The van der Waals surface area contributed by atoms with Crippen LogP contribution in [0.5, 0.6) is 5.75 Å². The quantitative estimate of drug-likeness (QED) is 0.431. The van der Waals surface area contributed by atoms with Gasteiger partial charge in [-0.05, 0) is 22.0 Å². The number of nitrogens with zero attached hydrogens (tertiary/aromatic N) is 3. The molecule has 0 aliphatic heterocycles. The molecule has 0 N–H and O–H groups in total. The molecule has 2 rings (SSSR count). The normalized spacial score (nSPS) is 17.1. The molecule has 1 aromatic carbocycles. The number of ether oxygens (including phenoxy) is 2. The minimum absolute atomic E-state index is 0.120. The van der Waals surface area contributed by atoms with Crippen molar-refractivity contribution in [2.24, 2.45) is 0 Å². The van der Waals surface area contributed by atoms with Gasteiger partial charge in [0, 0.05) is 0 Å². The molecule has 126 valence electrons. The van der Waals surface area contributed by atoms with Crippen molar-refractivity contribution < 1.29 is 24.2 Å². The number of methoxy groups -OCH3 is 1. The van der Waals surface area contributed by atoms with Crippen LogP contribution in [0.4, 0.5) is 0 Å². The van der Waals surface area contributed by atoms with Crippen LogP contribution in [-0.2, 0) is 4.74 Å². The Hall–Kier alpha value is -3.63. The molecule has 1 aliphatic rings. The maximum Gasteiger partial charge on any atom is 0.309 e. The van der Waals surface area contributed by atoms with E-state index in [4.69, 9.17) is 9.47 Å². The minimum Gasteiger partial charge on any atom is -0.502 e. The molecule has 0 spiro atoms. The third-order valence-electron chi connectivity index (χ3n) is 3.07. The molecule has 1 aromatic rings. The van der Waals surface area contributed by atoms with E-state index in [2.05, 4.69) is 0 Å². The van der Waals surface area contributed by atoms with Crippen molar-refractivity contribution in [1.29, 1.82) is 0 Å². The monoisotopic (exact) mass is 336 g/mol. The fraction of sp³-hybridized carbons (Fsp3) is 0.154. The first kappa shape index (κ1) is 16.7.